The molecular formula is C18H10O2S. The topological polar surface area (TPSA) is 34.1 Å². The molecular weight excluding hydrogens is 280 g/mol. The summed E-state index contributed by atoms with van der Waals surface area (Å²) in [6.07, 6.45) is 0. The van der Waals surface area contributed by atoms with Gasteiger partial charge in [-0.1, -0.05) is 36.4 Å². The van der Waals surface area contributed by atoms with Crippen LogP contribution < -0.4 is 0 Å². The van der Waals surface area contributed by atoms with Crippen LogP contribution in [0.1, 0.15) is 31.8 Å². The van der Waals surface area contributed by atoms with Crippen molar-refractivity contribution in [2.75, 3.05) is 0 Å². The van der Waals surface area contributed by atoms with Crippen molar-refractivity contribution in [1.29, 1.82) is 0 Å². The number of benzene rings is 2. The van der Waals surface area contributed by atoms with E-state index in [0.29, 0.717) is 22.3 Å². The van der Waals surface area contributed by atoms with E-state index in [1.807, 2.05) is 29.6 Å². The lowest BCUT2D eigenvalue weighted by Gasteiger charge is -2.17. The first-order valence-electron chi connectivity index (χ1n) is 6.62. The Bertz CT molecular complexity index is 876. The average Bonchev–Trinajstić information content (AvgIpc) is 3.06. The molecule has 0 atom stereocenters. The summed E-state index contributed by atoms with van der Waals surface area (Å²) in [6.45, 7) is 0. The predicted molar refractivity (Wildman–Crippen MR) is 83.1 cm³/mol. The van der Waals surface area contributed by atoms with E-state index >= 15 is 0 Å². The maximum Gasteiger partial charge on any atom is 0.194 e. The summed E-state index contributed by atoms with van der Waals surface area (Å²) >= 11 is 1.62. The summed E-state index contributed by atoms with van der Waals surface area (Å²) < 4.78 is 0. The minimum atomic E-state index is -0.0714. The maximum atomic E-state index is 12.6. The number of hydrogen-bond acceptors (Lipinski definition) is 3. The molecule has 0 spiro atoms. The number of fused-ring (bicyclic) bond motifs is 2. The molecule has 1 aromatic heterocycles. The van der Waals surface area contributed by atoms with E-state index < -0.39 is 0 Å². The summed E-state index contributed by atoms with van der Waals surface area (Å²) in [5, 5.41) is 2.00. The van der Waals surface area contributed by atoms with Gasteiger partial charge in [0.05, 0.1) is 0 Å². The highest BCUT2D eigenvalue weighted by atomic mass is 32.1. The molecule has 0 unspecified atom stereocenters. The lowest BCUT2D eigenvalue weighted by atomic mass is 9.83. The van der Waals surface area contributed by atoms with Gasteiger partial charge in [0, 0.05) is 27.1 Å². The summed E-state index contributed by atoms with van der Waals surface area (Å²) in [4.78, 5) is 26.2. The Morgan fingerprint density at radius 1 is 0.667 bits per heavy atom. The molecule has 0 fully saturated rings. The van der Waals surface area contributed by atoms with Crippen LogP contribution in [-0.4, -0.2) is 11.6 Å². The second-order valence-corrected chi connectivity index (χ2v) is 5.89. The number of carbonyl (C=O) groups is 2. The SMILES string of the molecule is O=C1c2ccccc2C(=O)c2cc(-c3cccs3)ccc21. The van der Waals surface area contributed by atoms with E-state index in [-0.39, 0.29) is 11.6 Å². The van der Waals surface area contributed by atoms with E-state index in [2.05, 4.69) is 0 Å². The van der Waals surface area contributed by atoms with Gasteiger partial charge in [-0.15, -0.1) is 11.3 Å². The summed E-state index contributed by atoms with van der Waals surface area (Å²) in [5.41, 5.74) is 2.98. The molecule has 1 aliphatic rings. The Morgan fingerprint density at radius 3 is 2.00 bits per heavy atom. The van der Waals surface area contributed by atoms with Crippen molar-refractivity contribution in [2.45, 2.75) is 0 Å². The van der Waals surface area contributed by atoms with Gasteiger partial charge < -0.3 is 0 Å². The van der Waals surface area contributed by atoms with E-state index in [0.717, 1.165) is 10.4 Å². The lowest BCUT2D eigenvalue weighted by Crippen LogP contribution is -2.20. The number of rotatable bonds is 1. The summed E-state index contributed by atoms with van der Waals surface area (Å²) in [6, 6.07) is 16.5. The number of ketones is 2. The molecule has 0 amide bonds. The zero-order valence-electron chi connectivity index (χ0n) is 11.0. The highest BCUT2D eigenvalue weighted by Gasteiger charge is 2.29. The highest BCUT2D eigenvalue weighted by Crippen LogP contribution is 2.32. The molecule has 100 valence electrons. The van der Waals surface area contributed by atoms with Gasteiger partial charge in [0.2, 0.25) is 0 Å². The second-order valence-electron chi connectivity index (χ2n) is 4.94. The Balaban J connectivity index is 1.93. The van der Waals surface area contributed by atoms with Crippen LogP contribution in [-0.2, 0) is 0 Å². The third kappa shape index (κ3) is 1.78. The van der Waals surface area contributed by atoms with Crippen molar-refractivity contribution < 1.29 is 9.59 Å². The third-order valence-electron chi connectivity index (χ3n) is 3.73. The number of thiophene rings is 1. The van der Waals surface area contributed by atoms with E-state index in [4.69, 9.17) is 0 Å². The Morgan fingerprint density at radius 2 is 1.33 bits per heavy atom. The molecule has 1 aliphatic carbocycles. The average molecular weight is 290 g/mol. The molecule has 2 nitrogen and oxygen atoms in total. The lowest BCUT2D eigenvalue weighted by molar-refractivity contribution is 0.0979. The standard InChI is InChI=1S/C18H10O2S/c19-17-12-4-1-2-5-13(12)18(20)15-10-11(7-8-14(15)17)16-6-3-9-21-16/h1-10H. The molecule has 0 radical (unpaired) electrons. The minimum absolute atomic E-state index is 0.0707. The first-order chi connectivity index (χ1) is 10.3. The number of carbonyl (C=O) groups excluding carboxylic acids is 2. The Kier molecular flexibility index (Phi) is 2.62. The minimum Gasteiger partial charge on any atom is -0.289 e. The van der Waals surface area contributed by atoms with Crippen molar-refractivity contribution >= 4 is 22.9 Å². The van der Waals surface area contributed by atoms with Crippen molar-refractivity contribution in [3.8, 4) is 10.4 Å². The van der Waals surface area contributed by atoms with Gasteiger partial charge in [0.25, 0.3) is 0 Å². The van der Waals surface area contributed by atoms with Gasteiger partial charge in [-0.2, -0.15) is 0 Å². The van der Waals surface area contributed by atoms with Crippen molar-refractivity contribution in [3.63, 3.8) is 0 Å². The highest BCUT2D eigenvalue weighted by molar-refractivity contribution is 7.13. The van der Waals surface area contributed by atoms with Crippen LogP contribution in [0.2, 0.25) is 0 Å². The predicted octanol–water partition coefficient (Wildman–Crippen LogP) is 4.19. The van der Waals surface area contributed by atoms with Crippen LogP contribution in [0.15, 0.2) is 60.0 Å². The maximum absolute atomic E-state index is 12.6. The van der Waals surface area contributed by atoms with Crippen LogP contribution in [0.4, 0.5) is 0 Å². The molecule has 0 saturated carbocycles. The van der Waals surface area contributed by atoms with Crippen molar-refractivity contribution in [1.82, 2.24) is 0 Å². The van der Waals surface area contributed by atoms with Crippen LogP contribution >= 0.6 is 11.3 Å². The van der Waals surface area contributed by atoms with E-state index in [1.165, 1.54) is 0 Å². The van der Waals surface area contributed by atoms with Gasteiger partial charge >= 0.3 is 0 Å². The fraction of sp³-hybridized carbons (Fsp3) is 0. The molecule has 4 rings (SSSR count). The monoisotopic (exact) mass is 290 g/mol. The van der Waals surface area contributed by atoms with Crippen LogP contribution in [0.25, 0.3) is 10.4 Å². The molecule has 21 heavy (non-hydrogen) atoms. The molecule has 0 saturated heterocycles. The fourth-order valence-electron chi connectivity index (χ4n) is 2.70. The smallest absolute Gasteiger partial charge is 0.194 e. The summed E-state index contributed by atoms with van der Waals surface area (Å²) in [7, 11) is 0. The normalized spacial score (nSPS) is 13.0. The molecule has 0 bridgehead atoms. The van der Waals surface area contributed by atoms with Gasteiger partial charge in [-0.25, -0.2) is 0 Å². The third-order valence-corrected chi connectivity index (χ3v) is 4.65. The Labute approximate surface area is 125 Å². The van der Waals surface area contributed by atoms with Gasteiger partial charge in [-0.05, 0) is 29.1 Å². The largest absolute Gasteiger partial charge is 0.289 e. The molecule has 1 heterocycles. The van der Waals surface area contributed by atoms with Gasteiger partial charge in [0.1, 0.15) is 0 Å². The molecule has 0 N–H and O–H groups in total. The molecule has 0 aliphatic heterocycles. The zero-order chi connectivity index (χ0) is 14.4. The quantitative estimate of drug-likeness (QED) is 0.527. The van der Waals surface area contributed by atoms with E-state index in [1.54, 1.807) is 41.7 Å². The zero-order valence-corrected chi connectivity index (χ0v) is 11.8. The Hall–Kier alpha value is -2.52. The molecule has 2 aromatic carbocycles. The first-order valence-corrected chi connectivity index (χ1v) is 7.50. The van der Waals surface area contributed by atoms with Crippen LogP contribution in [0, 0.1) is 0 Å². The van der Waals surface area contributed by atoms with Gasteiger partial charge in [0.15, 0.2) is 11.6 Å². The van der Waals surface area contributed by atoms with E-state index in [9.17, 15) is 9.59 Å². The second kappa shape index (κ2) is 4.50. The summed E-state index contributed by atoms with van der Waals surface area (Å²) in [5.74, 6) is -0.142. The van der Waals surface area contributed by atoms with Crippen LogP contribution in [0.5, 0.6) is 0 Å². The number of hydrogen-bond donors (Lipinski definition) is 0. The fourth-order valence-corrected chi connectivity index (χ4v) is 3.42. The molecule has 3 aromatic rings. The first kappa shape index (κ1) is 12.2. The van der Waals surface area contributed by atoms with Crippen molar-refractivity contribution in [2.24, 2.45) is 0 Å². The molecule has 3 heteroatoms. The van der Waals surface area contributed by atoms with Crippen LogP contribution in [0.3, 0.4) is 0 Å². The van der Waals surface area contributed by atoms with Gasteiger partial charge in [-0.3, -0.25) is 9.59 Å². The van der Waals surface area contributed by atoms with Crippen molar-refractivity contribution in [3.05, 3.63) is 82.2 Å².